The number of halogens is 1. The van der Waals surface area contributed by atoms with Crippen molar-refractivity contribution in [3.8, 4) is 5.75 Å². The van der Waals surface area contributed by atoms with Gasteiger partial charge in [-0.3, -0.25) is 0 Å². The maximum Gasteiger partial charge on any atom is 0.120 e. The summed E-state index contributed by atoms with van der Waals surface area (Å²) in [5, 5.41) is 0. The Labute approximate surface area is 74.1 Å². The molecule has 60 valence electrons. The highest BCUT2D eigenvalue weighted by atomic mass is 79.9. The second kappa shape index (κ2) is 4.20. The van der Waals surface area contributed by atoms with E-state index in [1.165, 1.54) is 0 Å². The van der Waals surface area contributed by atoms with Gasteiger partial charge in [-0.05, 0) is 12.1 Å². The maximum absolute atomic E-state index is 5.02. The summed E-state index contributed by atoms with van der Waals surface area (Å²) >= 11 is 3.03. The average Bonchev–Trinajstić information content (AvgIpc) is 2.06. The lowest BCUT2D eigenvalue weighted by molar-refractivity contribution is 0.415. The second-order valence-corrected chi connectivity index (χ2v) is 2.35. The molecule has 0 bridgehead atoms. The van der Waals surface area contributed by atoms with Gasteiger partial charge >= 0.3 is 0 Å². The fraction of sp³-hybridized carbons (Fsp3) is 0.143. The third kappa shape index (κ3) is 2.40. The summed E-state index contributed by atoms with van der Waals surface area (Å²) in [5.41, 5.74) is 3.81. The SMILES string of the molecule is COc1cccc(NNBr)c1. The zero-order valence-corrected chi connectivity index (χ0v) is 7.68. The van der Waals surface area contributed by atoms with Crippen LogP contribution in [0.2, 0.25) is 0 Å². The number of nitrogens with one attached hydrogen (secondary N) is 2. The normalized spacial score (nSPS) is 9.27. The number of benzene rings is 1. The standard InChI is InChI=1S/C7H9BrN2O/c1-11-7-4-2-3-6(5-7)9-10-8/h2-5,9-10H,1H3. The largest absolute Gasteiger partial charge is 0.497 e. The van der Waals surface area contributed by atoms with Gasteiger partial charge in [0.05, 0.1) is 12.8 Å². The van der Waals surface area contributed by atoms with Crippen LogP contribution in [0, 0.1) is 0 Å². The molecule has 0 aliphatic carbocycles. The van der Waals surface area contributed by atoms with Crippen LogP contribution in [-0.2, 0) is 0 Å². The molecule has 0 saturated heterocycles. The monoisotopic (exact) mass is 216 g/mol. The van der Waals surface area contributed by atoms with E-state index in [0.717, 1.165) is 11.4 Å². The van der Waals surface area contributed by atoms with Crippen molar-refractivity contribution in [1.29, 1.82) is 0 Å². The number of methoxy groups -OCH3 is 1. The highest BCUT2D eigenvalue weighted by Gasteiger charge is 1.91. The molecule has 0 spiro atoms. The second-order valence-electron chi connectivity index (χ2n) is 1.95. The Bertz CT molecular complexity index is 229. The van der Waals surface area contributed by atoms with Gasteiger partial charge < -0.3 is 10.2 Å². The summed E-state index contributed by atoms with van der Waals surface area (Å²) < 4.78 is 7.66. The van der Waals surface area contributed by atoms with Gasteiger partial charge in [-0.15, -0.1) is 0 Å². The van der Waals surface area contributed by atoms with Crippen molar-refractivity contribution in [3.05, 3.63) is 24.3 Å². The summed E-state index contributed by atoms with van der Waals surface area (Å²) in [6.07, 6.45) is 0. The number of hydrogen-bond acceptors (Lipinski definition) is 3. The first kappa shape index (κ1) is 8.36. The minimum Gasteiger partial charge on any atom is -0.497 e. The molecule has 11 heavy (non-hydrogen) atoms. The van der Waals surface area contributed by atoms with Gasteiger partial charge in [0.1, 0.15) is 5.75 Å². The topological polar surface area (TPSA) is 33.3 Å². The predicted octanol–water partition coefficient (Wildman–Crippen LogP) is 1.92. The highest BCUT2D eigenvalue weighted by molar-refractivity contribution is 9.08. The number of anilines is 1. The van der Waals surface area contributed by atoms with Crippen molar-refractivity contribution < 1.29 is 4.74 Å². The molecule has 0 heterocycles. The minimum atomic E-state index is 0.831. The Balaban J connectivity index is 2.74. The van der Waals surface area contributed by atoms with Gasteiger partial charge in [0.25, 0.3) is 0 Å². The van der Waals surface area contributed by atoms with Crippen molar-refractivity contribution in [2.75, 3.05) is 12.5 Å². The van der Waals surface area contributed by atoms with Crippen molar-refractivity contribution >= 4 is 21.8 Å². The van der Waals surface area contributed by atoms with E-state index in [1.807, 2.05) is 24.3 Å². The van der Waals surface area contributed by atoms with E-state index >= 15 is 0 Å². The molecular weight excluding hydrogens is 208 g/mol. The molecule has 0 aliphatic rings. The van der Waals surface area contributed by atoms with E-state index in [2.05, 4.69) is 26.0 Å². The lowest BCUT2D eigenvalue weighted by Crippen LogP contribution is -2.07. The van der Waals surface area contributed by atoms with Crippen LogP contribution in [0.4, 0.5) is 5.69 Å². The van der Waals surface area contributed by atoms with Gasteiger partial charge in [-0.25, -0.2) is 0 Å². The Morgan fingerprint density at radius 1 is 1.45 bits per heavy atom. The van der Waals surface area contributed by atoms with Crippen LogP contribution in [0.15, 0.2) is 24.3 Å². The van der Waals surface area contributed by atoms with Crippen molar-refractivity contribution in [1.82, 2.24) is 4.45 Å². The quantitative estimate of drug-likeness (QED) is 0.599. The zero-order valence-electron chi connectivity index (χ0n) is 6.10. The number of ether oxygens (including phenoxy) is 1. The van der Waals surface area contributed by atoms with E-state index in [-0.39, 0.29) is 0 Å². The lowest BCUT2D eigenvalue weighted by atomic mass is 10.3. The first-order valence-corrected chi connectivity index (χ1v) is 3.92. The van der Waals surface area contributed by atoms with Gasteiger partial charge in [0.2, 0.25) is 0 Å². The molecule has 0 atom stereocenters. The molecule has 0 aliphatic heterocycles. The summed E-state index contributed by atoms with van der Waals surface area (Å²) in [7, 11) is 1.64. The van der Waals surface area contributed by atoms with Crippen LogP contribution in [-0.4, -0.2) is 7.11 Å². The van der Waals surface area contributed by atoms with Crippen molar-refractivity contribution in [2.24, 2.45) is 0 Å². The molecule has 0 unspecified atom stereocenters. The summed E-state index contributed by atoms with van der Waals surface area (Å²) in [5.74, 6) is 0.831. The van der Waals surface area contributed by atoms with E-state index in [9.17, 15) is 0 Å². The molecule has 0 fully saturated rings. The van der Waals surface area contributed by atoms with Crippen LogP contribution >= 0.6 is 16.1 Å². The Kier molecular flexibility index (Phi) is 3.19. The van der Waals surface area contributed by atoms with E-state index in [0.29, 0.717) is 0 Å². The molecule has 0 aromatic heterocycles. The van der Waals surface area contributed by atoms with Gasteiger partial charge in [-0.2, -0.15) is 4.45 Å². The molecule has 0 saturated carbocycles. The number of hydrazine groups is 1. The average molecular weight is 217 g/mol. The number of hydrogen-bond donors (Lipinski definition) is 2. The molecule has 2 N–H and O–H groups in total. The van der Waals surface area contributed by atoms with E-state index < -0.39 is 0 Å². The highest BCUT2D eigenvalue weighted by Crippen LogP contribution is 2.15. The van der Waals surface area contributed by atoms with Crippen LogP contribution in [0.3, 0.4) is 0 Å². The zero-order chi connectivity index (χ0) is 8.10. The smallest absolute Gasteiger partial charge is 0.120 e. The third-order valence-electron chi connectivity index (χ3n) is 1.26. The fourth-order valence-electron chi connectivity index (χ4n) is 0.755. The molecule has 0 radical (unpaired) electrons. The molecule has 1 aromatic rings. The van der Waals surface area contributed by atoms with Crippen molar-refractivity contribution in [3.63, 3.8) is 0 Å². The van der Waals surface area contributed by atoms with Crippen LogP contribution < -0.4 is 14.6 Å². The van der Waals surface area contributed by atoms with E-state index in [4.69, 9.17) is 4.74 Å². The molecule has 1 rings (SSSR count). The van der Waals surface area contributed by atoms with E-state index in [1.54, 1.807) is 7.11 Å². The van der Waals surface area contributed by atoms with Crippen LogP contribution in [0.5, 0.6) is 5.75 Å². The fourth-order valence-corrected chi connectivity index (χ4v) is 0.984. The molecular formula is C7H9BrN2O. The van der Waals surface area contributed by atoms with Crippen LogP contribution in [0.25, 0.3) is 0 Å². The summed E-state index contributed by atoms with van der Waals surface area (Å²) in [6.45, 7) is 0. The molecule has 3 nitrogen and oxygen atoms in total. The van der Waals surface area contributed by atoms with Crippen molar-refractivity contribution in [2.45, 2.75) is 0 Å². The predicted molar refractivity (Wildman–Crippen MR) is 48.7 cm³/mol. The maximum atomic E-state index is 5.02. The van der Waals surface area contributed by atoms with Crippen LogP contribution in [0.1, 0.15) is 0 Å². The first-order valence-electron chi connectivity index (χ1n) is 3.12. The lowest BCUT2D eigenvalue weighted by Gasteiger charge is -2.04. The Hall–Kier alpha value is -0.740. The summed E-state index contributed by atoms with van der Waals surface area (Å²) in [6, 6.07) is 7.61. The van der Waals surface area contributed by atoms with Gasteiger partial charge in [-0.1, -0.05) is 6.07 Å². The number of rotatable bonds is 3. The molecule has 4 heteroatoms. The van der Waals surface area contributed by atoms with Gasteiger partial charge in [0.15, 0.2) is 0 Å². The molecule has 0 amide bonds. The molecule has 1 aromatic carbocycles. The minimum absolute atomic E-state index is 0.831. The first-order chi connectivity index (χ1) is 5.36. The Morgan fingerprint density at radius 3 is 2.91 bits per heavy atom. The third-order valence-corrected chi connectivity index (χ3v) is 1.46. The van der Waals surface area contributed by atoms with Gasteiger partial charge in [0, 0.05) is 22.2 Å². The summed E-state index contributed by atoms with van der Waals surface area (Å²) in [4.78, 5) is 0. The Morgan fingerprint density at radius 2 is 2.27 bits per heavy atom.